The number of hydrogen-bond donors (Lipinski definition) is 1. The molecule has 0 fully saturated rings. The molecule has 1 aromatic carbocycles. The molecule has 198 valence electrons. The Morgan fingerprint density at radius 1 is 1.24 bits per heavy atom. The molecule has 10 nitrogen and oxygen atoms in total. The lowest BCUT2D eigenvalue weighted by Crippen LogP contribution is -2.42. The van der Waals surface area contributed by atoms with Gasteiger partial charge in [0.25, 0.3) is 5.91 Å². The largest absolute Gasteiger partial charge is 0.461 e. The van der Waals surface area contributed by atoms with Crippen molar-refractivity contribution in [2.45, 2.75) is 65.7 Å². The summed E-state index contributed by atoms with van der Waals surface area (Å²) in [6.07, 6.45) is 0.500. The third-order valence-corrected chi connectivity index (χ3v) is 7.13. The molecule has 1 unspecified atom stereocenters. The summed E-state index contributed by atoms with van der Waals surface area (Å²) in [5.41, 5.74) is 2.25. The Morgan fingerprint density at radius 2 is 2.00 bits per heavy atom. The van der Waals surface area contributed by atoms with E-state index in [0.717, 1.165) is 5.69 Å². The van der Waals surface area contributed by atoms with Gasteiger partial charge in [-0.2, -0.15) is 5.10 Å². The molecule has 4 rings (SSSR count). The first-order valence-corrected chi connectivity index (χ1v) is 12.9. The highest BCUT2D eigenvalue weighted by atomic mass is 35.5. The molecule has 12 heteroatoms. The Labute approximate surface area is 225 Å². The number of rotatable bonds is 8. The first-order chi connectivity index (χ1) is 17.6. The lowest BCUT2D eigenvalue weighted by molar-refractivity contribution is 0.0500. The summed E-state index contributed by atoms with van der Waals surface area (Å²) in [4.78, 5) is 28.2. The molecule has 0 radical (unpaired) electrons. The van der Waals surface area contributed by atoms with E-state index in [1.54, 1.807) is 41.6 Å². The van der Waals surface area contributed by atoms with Crippen LogP contribution in [0.15, 0.2) is 22.6 Å². The van der Waals surface area contributed by atoms with E-state index in [0.29, 0.717) is 51.6 Å². The lowest BCUT2D eigenvalue weighted by atomic mass is 9.98. The van der Waals surface area contributed by atoms with Crippen LogP contribution in [0.5, 0.6) is 0 Å². The number of carbonyl (C=O) groups is 2. The molecule has 0 saturated heterocycles. The van der Waals surface area contributed by atoms with Gasteiger partial charge in [0, 0.05) is 37.1 Å². The summed E-state index contributed by atoms with van der Waals surface area (Å²) in [5, 5.41) is 16.8. The number of esters is 1. The molecule has 0 bridgehead atoms. The number of aryl methyl sites for hydroxylation is 1. The van der Waals surface area contributed by atoms with E-state index in [1.165, 1.54) is 0 Å². The first-order valence-electron chi connectivity index (χ1n) is 12.2. The summed E-state index contributed by atoms with van der Waals surface area (Å²) < 4.78 is 12.6. The minimum Gasteiger partial charge on any atom is -0.461 e. The maximum Gasteiger partial charge on any atom is 0.356 e. The fourth-order valence-electron chi connectivity index (χ4n) is 4.37. The second-order valence-electron chi connectivity index (χ2n) is 9.19. The number of hydrogen-bond acceptors (Lipinski definition) is 8. The molecule has 1 aliphatic heterocycles. The molecule has 3 aromatic rings. The first kappa shape index (κ1) is 27.1. The van der Waals surface area contributed by atoms with Gasteiger partial charge >= 0.3 is 5.97 Å². The van der Waals surface area contributed by atoms with Gasteiger partial charge in [-0.15, -0.1) is 10.2 Å². The predicted octanol–water partition coefficient (Wildman–Crippen LogP) is 4.56. The van der Waals surface area contributed by atoms with E-state index in [9.17, 15) is 9.59 Å². The third-order valence-electron chi connectivity index (χ3n) is 6.39. The summed E-state index contributed by atoms with van der Waals surface area (Å²) in [5.74, 6) is 0.313. The van der Waals surface area contributed by atoms with E-state index >= 15 is 0 Å². The van der Waals surface area contributed by atoms with E-state index < -0.39 is 5.97 Å². The van der Waals surface area contributed by atoms with Gasteiger partial charge in [-0.3, -0.25) is 9.48 Å². The molecule has 1 amide bonds. The van der Waals surface area contributed by atoms with Crippen molar-refractivity contribution in [1.82, 2.24) is 30.2 Å². The molecule has 0 aliphatic carbocycles. The van der Waals surface area contributed by atoms with Gasteiger partial charge in [-0.05, 0) is 45.9 Å². The Balaban J connectivity index is 1.60. The standard InChI is InChI=1S/C25H30Cl2N6O4/c1-6-36-25(35)22-18-12-32(24(34)17-7-8-19(26)20(27)10-17)13(2)9-21(18)31-33(22)14(3)11-28-15(4)23-30-29-16(5)37-23/h7-8,10,13-15,28H,6,9,11-12H2,1-5H3/t13-,14-,15?/m1/s1. The van der Waals surface area contributed by atoms with E-state index in [1.807, 2.05) is 20.8 Å². The van der Waals surface area contributed by atoms with E-state index in [4.69, 9.17) is 37.5 Å². The number of ether oxygens (including phenoxy) is 1. The van der Waals surface area contributed by atoms with Gasteiger partial charge in [0.15, 0.2) is 5.69 Å². The average Bonchev–Trinajstić information content (AvgIpc) is 3.46. The highest BCUT2D eigenvalue weighted by molar-refractivity contribution is 6.42. The van der Waals surface area contributed by atoms with Crippen molar-refractivity contribution < 1.29 is 18.7 Å². The smallest absolute Gasteiger partial charge is 0.356 e. The number of fused-ring (bicyclic) bond motifs is 1. The van der Waals surface area contributed by atoms with Gasteiger partial charge in [0.05, 0.1) is 41.0 Å². The van der Waals surface area contributed by atoms with E-state index in [2.05, 4.69) is 15.5 Å². The highest BCUT2D eigenvalue weighted by Gasteiger charge is 2.36. The maximum absolute atomic E-state index is 13.4. The van der Waals surface area contributed by atoms with Crippen LogP contribution in [0.2, 0.25) is 10.0 Å². The maximum atomic E-state index is 13.4. The van der Waals surface area contributed by atoms with Gasteiger partial charge in [-0.1, -0.05) is 23.2 Å². The molecule has 3 heterocycles. The summed E-state index contributed by atoms with van der Waals surface area (Å²) >= 11 is 12.2. The van der Waals surface area contributed by atoms with Crippen LogP contribution in [-0.4, -0.2) is 55.9 Å². The Morgan fingerprint density at radius 3 is 2.65 bits per heavy atom. The minimum absolute atomic E-state index is 0.137. The van der Waals surface area contributed by atoms with Crippen LogP contribution >= 0.6 is 23.2 Å². The molecule has 37 heavy (non-hydrogen) atoms. The summed E-state index contributed by atoms with van der Waals surface area (Å²) in [6, 6.07) is 4.29. The lowest BCUT2D eigenvalue weighted by Gasteiger charge is -2.33. The normalized spacial score (nSPS) is 16.8. The van der Waals surface area contributed by atoms with Crippen LogP contribution in [0, 0.1) is 6.92 Å². The fourth-order valence-corrected chi connectivity index (χ4v) is 4.67. The van der Waals surface area contributed by atoms with Crippen molar-refractivity contribution >= 4 is 35.1 Å². The molecular weight excluding hydrogens is 519 g/mol. The zero-order chi connectivity index (χ0) is 26.9. The second kappa shape index (κ2) is 11.2. The number of halogens is 2. The van der Waals surface area contributed by atoms with Crippen LogP contribution in [0.1, 0.15) is 83.7 Å². The Bertz CT molecular complexity index is 1310. The minimum atomic E-state index is -0.472. The van der Waals surface area contributed by atoms with Crippen LogP contribution in [0.4, 0.5) is 0 Å². The highest BCUT2D eigenvalue weighted by Crippen LogP contribution is 2.31. The molecule has 2 aromatic heterocycles. The van der Waals surface area contributed by atoms with Crippen molar-refractivity contribution in [2.24, 2.45) is 0 Å². The van der Waals surface area contributed by atoms with Crippen molar-refractivity contribution in [1.29, 1.82) is 0 Å². The Hall–Kier alpha value is -2.95. The number of amides is 1. The van der Waals surface area contributed by atoms with Crippen LogP contribution < -0.4 is 5.32 Å². The van der Waals surface area contributed by atoms with Crippen molar-refractivity contribution in [3.05, 3.63) is 62.5 Å². The molecule has 1 aliphatic rings. The third kappa shape index (κ3) is 5.66. The number of nitrogens with one attached hydrogen (secondary N) is 1. The molecular formula is C25H30Cl2N6O4. The number of carbonyl (C=O) groups excluding carboxylic acids is 2. The van der Waals surface area contributed by atoms with Gasteiger partial charge in [-0.25, -0.2) is 4.79 Å². The SMILES string of the molecule is CCOC(=O)c1c2c(nn1[C@H](C)CNC(C)c1nnc(C)o1)C[C@@H](C)N(C(=O)c1ccc(Cl)c(Cl)c1)C2. The van der Waals surface area contributed by atoms with Gasteiger partial charge in [0.2, 0.25) is 11.8 Å². The predicted molar refractivity (Wildman–Crippen MR) is 138 cm³/mol. The monoisotopic (exact) mass is 548 g/mol. The molecule has 0 saturated carbocycles. The van der Waals surface area contributed by atoms with Gasteiger partial charge in [0.1, 0.15) is 0 Å². The van der Waals surface area contributed by atoms with Gasteiger partial charge < -0.3 is 19.4 Å². The quantitative estimate of drug-likeness (QED) is 0.407. The van der Waals surface area contributed by atoms with E-state index in [-0.39, 0.29) is 37.2 Å². The Kier molecular flexibility index (Phi) is 8.20. The number of aromatic nitrogens is 4. The molecule has 1 N–H and O–H groups in total. The van der Waals surface area contributed by atoms with Crippen molar-refractivity contribution in [3.8, 4) is 0 Å². The van der Waals surface area contributed by atoms with Crippen molar-refractivity contribution in [2.75, 3.05) is 13.2 Å². The van der Waals surface area contributed by atoms with Crippen LogP contribution in [0.3, 0.4) is 0 Å². The summed E-state index contributed by atoms with van der Waals surface area (Å²) in [6.45, 7) is 10.3. The topological polar surface area (TPSA) is 115 Å². The number of benzene rings is 1. The second-order valence-corrected chi connectivity index (χ2v) is 10.0. The zero-order valence-corrected chi connectivity index (χ0v) is 22.9. The van der Waals surface area contributed by atoms with Crippen LogP contribution in [-0.2, 0) is 17.7 Å². The zero-order valence-electron chi connectivity index (χ0n) is 21.4. The molecule has 3 atom stereocenters. The number of nitrogens with zero attached hydrogens (tertiary/aromatic N) is 5. The average molecular weight is 549 g/mol. The fraction of sp³-hybridized carbons (Fsp3) is 0.480. The summed E-state index contributed by atoms with van der Waals surface area (Å²) in [7, 11) is 0. The van der Waals surface area contributed by atoms with Crippen LogP contribution in [0.25, 0.3) is 0 Å². The molecule has 0 spiro atoms. The van der Waals surface area contributed by atoms with Crippen molar-refractivity contribution in [3.63, 3.8) is 0 Å².